The molecule has 1 heterocycles. The first-order valence-electron chi connectivity index (χ1n) is 7.01. The van der Waals surface area contributed by atoms with E-state index < -0.39 is 0 Å². The number of nitrogens with one attached hydrogen (secondary N) is 1. The molecule has 0 bridgehead atoms. The van der Waals surface area contributed by atoms with Crippen LogP contribution in [0, 0.1) is 12.8 Å². The lowest BCUT2D eigenvalue weighted by Gasteiger charge is -2.18. The molecule has 2 aromatic rings. The van der Waals surface area contributed by atoms with Gasteiger partial charge in [0.25, 0.3) is 0 Å². The molecule has 0 radical (unpaired) electrons. The highest BCUT2D eigenvalue weighted by Crippen LogP contribution is 2.41. The van der Waals surface area contributed by atoms with E-state index in [1.165, 1.54) is 24.0 Å². The number of hydrogen-bond donors (Lipinski definition) is 1. The Labute approximate surface area is 114 Å². The van der Waals surface area contributed by atoms with Crippen molar-refractivity contribution in [3.05, 3.63) is 53.3 Å². The van der Waals surface area contributed by atoms with E-state index in [2.05, 4.69) is 47.7 Å². The van der Waals surface area contributed by atoms with Crippen LogP contribution in [0.3, 0.4) is 0 Å². The van der Waals surface area contributed by atoms with Gasteiger partial charge in [0.05, 0.1) is 5.69 Å². The highest BCUT2D eigenvalue weighted by atomic mass is 15.3. The lowest BCUT2D eigenvalue weighted by molar-refractivity contribution is 0.474. The Morgan fingerprint density at radius 1 is 1.26 bits per heavy atom. The van der Waals surface area contributed by atoms with E-state index in [0.717, 1.165) is 18.2 Å². The molecule has 1 saturated carbocycles. The molecule has 1 N–H and O–H groups in total. The van der Waals surface area contributed by atoms with Gasteiger partial charge in [0.1, 0.15) is 0 Å². The number of hydrogen-bond acceptors (Lipinski definition) is 2. The summed E-state index contributed by atoms with van der Waals surface area (Å²) in [7, 11) is 1.96. The van der Waals surface area contributed by atoms with Crippen LogP contribution in [0.15, 0.2) is 36.5 Å². The van der Waals surface area contributed by atoms with Gasteiger partial charge in [-0.15, -0.1) is 0 Å². The molecule has 3 heteroatoms. The molecule has 0 spiro atoms. The predicted molar refractivity (Wildman–Crippen MR) is 76.7 cm³/mol. The fourth-order valence-electron chi connectivity index (χ4n) is 2.53. The minimum atomic E-state index is 0.475. The maximum Gasteiger partial charge on any atom is 0.0762 e. The zero-order valence-electron chi connectivity index (χ0n) is 11.6. The first-order valence-corrected chi connectivity index (χ1v) is 7.01. The third-order valence-corrected chi connectivity index (χ3v) is 3.80. The molecule has 0 saturated heterocycles. The van der Waals surface area contributed by atoms with E-state index in [0.29, 0.717) is 6.04 Å². The Hall–Kier alpha value is -1.61. The molecule has 1 atom stereocenters. The molecule has 1 aromatic carbocycles. The first kappa shape index (κ1) is 12.4. The van der Waals surface area contributed by atoms with Gasteiger partial charge in [0.2, 0.25) is 0 Å². The van der Waals surface area contributed by atoms with Crippen molar-refractivity contribution in [3.63, 3.8) is 0 Å². The molecule has 3 rings (SSSR count). The van der Waals surface area contributed by atoms with Gasteiger partial charge in [-0.1, -0.05) is 29.8 Å². The highest BCUT2D eigenvalue weighted by Gasteiger charge is 2.31. The minimum absolute atomic E-state index is 0.475. The fourth-order valence-corrected chi connectivity index (χ4v) is 2.53. The molecular formula is C16H21N3. The lowest BCUT2D eigenvalue weighted by atomic mass is 10.0. The number of benzene rings is 1. The van der Waals surface area contributed by atoms with Gasteiger partial charge in [-0.25, -0.2) is 0 Å². The van der Waals surface area contributed by atoms with Crippen LogP contribution in [-0.2, 0) is 13.6 Å². The van der Waals surface area contributed by atoms with Gasteiger partial charge in [-0.05, 0) is 37.3 Å². The Kier molecular flexibility index (Phi) is 3.38. The molecule has 3 nitrogen and oxygen atoms in total. The molecule has 1 aromatic heterocycles. The Morgan fingerprint density at radius 2 is 2.00 bits per heavy atom. The summed E-state index contributed by atoms with van der Waals surface area (Å²) in [6.07, 6.45) is 4.68. The smallest absolute Gasteiger partial charge is 0.0762 e. The molecule has 1 aliphatic rings. The number of aromatic nitrogens is 2. The summed E-state index contributed by atoms with van der Waals surface area (Å²) in [5.41, 5.74) is 3.84. The monoisotopic (exact) mass is 255 g/mol. The highest BCUT2D eigenvalue weighted by molar-refractivity contribution is 5.25. The normalized spacial score (nSPS) is 16.5. The van der Waals surface area contributed by atoms with E-state index in [-0.39, 0.29) is 0 Å². The first-order chi connectivity index (χ1) is 9.22. The molecule has 0 amide bonds. The van der Waals surface area contributed by atoms with Crippen molar-refractivity contribution in [1.82, 2.24) is 15.1 Å². The van der Waals surface area contributed by atoms with Gasteiger partial charge in [-0.2, -0.15) is 5.10 Å². The summed E-state index contributed by atoms with van der Waals surface area (Å²) >= 11 is 0. The maximum absolute atomic E-state index is 4.42. The van der Waals surface area contributed by atoms with Crippen molar-refractivity contribution >= 4 is 0 Å². The fraction of sp³-hybridized carbons (Fsp3) is 0.438. The quantitative estimate of drug-likeness (QED) is 0.890. The van der Waals surface area contributed by atoms with Crippen LogP contribution in [0.2, 0.25) is 0 Å². The lowest BCUT2D eigenvalue weighted by Crippen LogP contribution is -2.23. The zero-order valence-corrected chi connectivity index (χ0v) is 11.6. The van der Waals surface area contributed by atoms with Gasteiger partial charge in [0.15, 0.2) is 0 Å². The van der Waals surface area contributed by atoms with Crippen molar-refractivity contribution in [3.8, 4) is 0 Å². The van der Waals surface area contributed by atoms with E-state index in [1.807, 2.05) is 17.9 Å². The van der Waals surface area contributed by atoms with Gasteiger partial charge in [-0.3, -0.25) is 4.68 Å². The Balaban J connectivity index is 1.69. The average Bonchev–Trinajstić information content (AvgIpc) is 3.15. The molecule has 1 unspecified atom stereocenters. The summed E-state index contributed by atoms with van der Waals surface area (Å²) in [6.45, 7) is 2.98. The van der Waals surface area contributed by atoms with Gasteiger partial charge >= 0.3 is 0 Å². The summed E-state index contributed by atoms with van der Waals surface area (Å²) in [4.78, 5) is 0. The predicted octanol–water partition coefficient (Wildman–Crippen LogP) is 2.97. The molecule has 1 aliphatic carbocycles. The van der Waals surface area contributed by atoms with E-state index in [4.69, 9.17) is 0 Å². The Bertz CT molecular complexity index is 537. The van der Waals surface area contributed by atoms with Crippen molar-refractivity contribution < 1.29 is 0 Å². The second-order valence-electron chi connectivity index (χ2n) is 5.59. The largest absolute Gasteiger partial charge is 0.304 e. The summed E-state index contributed by atoms with van der Waals surface area (Å²) < 4.78 is 1.86. The van der Waals surface area contributed by atoms with E-state index >= 15 is 0 Å². The number of nitrogens with zero attached hydrogens (tertiary/aromatic N) is 2. The van der Waals surface area contributed by atoms with Crippen molar-refractivity contribution in [1.29, 1.82) is 0 Å². The van der Waals surface area contributed by atoms with E-state index in [1.54, 1.807) is 0 Å². The van der Waals surface area contributed by atoms with Crippen LogP contribution in [0.1, 0.15) is 35.7 Å². The van der Waals surface area contributed by atoms with Crippen molar-refractivity contribution in [2.75, 3.05) is 0 Å². The molecule has 1 fully saturated rings. The van der Waals surface area contributed by atoms with Gasteiger partial charge in [0, 0.05) is 25.8 Å². The van der Waals surface area contributed by atoms with Crippen LogP contribution < -0.4 is 5.32 Å². The van der Waals surface area contributed by atoms with E-state index in [9.17, 15) is 0 Å². The van der Waals surface area contributed by atoms with Crippen LogP contribution in [0.4, 0.5) is 0 Å². The summed E-state index contributed by atoms with van der Waals surface area (Å²) in [6, 6.07) is 11.5. The molecule has 0 aliphatic heterocycles. The zero-order chi connectivity index (χ0) is 13.2. The standard InChI is InChI=1S/C16H21N3/c1-12-3-5-13(6-4-12)16(14-7-8-14)17-11-15-9-10-19(2)18-15/h3-6,9-10,14,16-17H,7-8,11H2,1-2H3. The van der Waals surface area contributed by atoms with Gasteiger partial charge < -0.3 is 5.32 Å². The molecular weight excluding hydrogens is 234 g/mol. The number of rotatable bonds is 5. The van der Waals surface area contributed by atoms with Crippen LogP contribution in [-0.4, -0.2) is 9.78 Å². The van der Waals surface area contributed by atoms with Crippen LogP contribution in [0.25, 0.3) is 0 Å². The SMILES string of the molecule is Cc1ccc(C(NCc2ccn(C)n2)C2CC2)cc1. The molecule has 100 valence electrons. The minimum Gasteiger partial charge on any atom is -0.304 e. The van der Waals surface area contributed by atoms with Crippen LogP contribution >= 0.6 is 0 Å². The van der Waals surface area contributed by atoms with Crippen LogP contribution in [0.5, 0.6) is 0 Å². The summed E-state index contributed by atoms with van der Waals surface area (Å²) in [5, 5.41) is 8.10. The van der Waals surface area contributed by atoms with Crippen molar-refractivity contribution in [2.24, 2.45) is 13.0 Å². The topological polar surface area (TPSA) is 29.9 Å². The Morgan fingerprint density at radius 3 is 2.58 bits per heavy atom. The van der Waals surface area contributed by atoms with Crippen molar-refractivity contribution in [2.45, 2.75) is 32.4 Å². The third kappa shape index (κ3) is 3.04. The molecule has 19 heavy (non-hydrogen) atoms. The number of aryl methyl sites for hydroxylation is 2. The third-order valence-electron chi connectivity index (χ3n) is 3.80. The summed E-state index contributed by atoms with van der Waals surface area (Å²) in [5.74, 6) is 0.798. The maximum atomic E-state index is 4.42. The second kappa shape index (κ2) is 5.17. The second-order valence-corrected chi connectivity index (χ2v) is 5.59. The average molecular weight is 255 g/mol.